The maximum Gasteiger partial charge on any atom is 0.253 e. The summed E-state index contributed by atoms with van der Waals surface area (Å²) in [4.78, 5) is 25.2. The number of hydrogen-bond donors (Lipinski definition) is 2. The van der Waals surface area contributed by atoms with Crippen LogP contribution in [0.3, 0.4) is 0 Å². The van der Waals surface area contributed by atoms with Gasteiger partial charge in [-0.25, -0.2) is 0 Å². The Hall–Kier alpha value is -3.11. The van der Waals surface area contributed by atoms with Crippen molar-refractivity contribution >= 4 is 29.1 Å². The molecule has 0 bridgehead atoms. The molecule has 0 fully saturated rings. The van der Waals surface area contributed by atoms with E-state index < -0.39 is 0 Å². The molecule has 0 aliphatic heterocycles. The van der Waals surface area contributed by atoms with E-state index in [1.807, 2.05) is 61.5 Å². The highest BCUT2D eigenvalue weighted by Gasteiger charge is 2.16. The van der Waals surface area contributed by atoms with E-state index in [1.54, 1.807) is 24.3 Å². The number of anilines is 1. The van der Waals surface area contributed by atoms with E-state index in [2.05, 4.69) is 10.6 Å². The van der Waals surface area contributed by atoms with Gasteiger partial charge in [0.25, 0.3) is 5.91 Å². The van der Waals surface area contributed by atoms with Gasteiger partial charge >= 0.3 is 0 Å². The predicted octanol–water partition coefficient (Wildman–Crippen LogP) is 5.40. The van der Waals surface area contributed by atoms with Crippen LogP contribution in [0.2, 0.25) is 5.02 Å². The lowest BCUT2D eigenvalue weighted by molar-refractivity contribution is -0.116. The number of halogens is 1. The van der Waals surface area contributed by atoms with Crippen molar-refractivity contribution in [3.05, 3.63) is 101 Å². The second kappa shape index (κ2) is 9.89. The summed E-state index contributed by atoms with van der Waals surface area (Å²) in [6.07, 6.45) is 0.917. The lowest BCUT2D eigenvalue weighted by Gasteiger charge is -2.16. The van der Waals surface area contributed by atoms with Crippen molar-refractivity contribution in [2.75, 3.05) is 5.32 Å². The number of carbonyl (C=O) groups is 2. The van der Waals surface area contributed by atoms with Gasteiger partial charge in [-0.05, 0) is 48.7 Å². The van der Waals surface area contributed by atoms with Crippen molar-refractivity contribution in [3.63, 3.8) is 0 Å². The van der Waals surface area contributed by atoms with Crippen LogP contribution in [0.4, 0.5) is 5.69 Å². The molecule has 5 heteroatoms. The Morgan fingerprint density at radius 1 is 0.897 bits per heavy atom. The molecule has 29 heavy (non-hydrogen) atoms. The molecule has 1 atom stereocenters. The van der Waals surface area contributed by atoms with Gasteiger partial charge in [0.2, 0.25) is 5.91 Å². The Morgan fingerprint density at radius 2 is 1.55 bits per heavy atom. The Balaban J connectivity index is 1.62. The summed E-state index contributed by atoms with van der Waals surface area (Å²) in [5.41, 5.74) is 3.00. The van der Waals surface area contributed by atoms with Crippen molar-refractivity contribution in [2.24, 2.45) is 0 Å². The molecule has 3 aromatic carbocycles. The molecule has 0 aliphatic carbocycles. The van der Waals surface area contributed by atoms with Crippen LogP contribution in [0, 0.1) is 0 Å². The summed E-state index contributed by atoms with van der Waals surface area (Å²) in [7, 11) is 0. The molecule has 1 unspecified atom stereocenters. The zero-order chi connectivity index (χ0) is 20.6. The van der Waals surface area contributed by atoms with Crippen molar-refractivity contribution in [1.82, 2.24) is 5.32 Å². The predicted molar refractivity (Wildman–Crippen MR) is 117 cm³/mol. The summed E-state index contributed by atoms with van der Waals surface area (Å²) >= 11 is 5.89. The van der Waals surface area contributed by atoms with E-state index >= 15 is 0 Å². The molecule has 0 spiro atoms. The molecule has 2 amide bonds. The largest absolute Gasteiger partial charge is 0.345 e. The van der Waals surface area contributed by atoms with Gasteiger partial charge in [-0.15, -0.1) is 0 Å². The Bertz CT molecular complexity index is 972. The highest BCUT2D eigenvalue weighted by Crippen LogP contribution is 2.19. The molecule has 0 radical (unpaired) electrons. The topological polar surface area (TPSA) is 58.2 Å². The van der Waals surface area contributed by atoms with Gasteiger partial charge in [-0.3, -0.25) is 9.59 Å². The minimum atomic E-state index is -0.227. The molecule has 2 N–H and O–H groups in total. The number of carbonyl (C=O) groups excluding carboxylic acids is 2. The van der Waals surface area contributed by atoms with Gasteiger partial charge in [-0.1, -0.05) is 66.2 Å². The van der Waals surface area contributed by atoms with Gasteiger partial charge < -0.3 is 10.6 Å². The fourth-order valence-electron chi connectivity index (χ4n) is 3.01. The van der Waals surface area contributed by atoms with Crippen molar-refractivity contribution < 1.29 is 9.59 Å². The smallest absolute Gasteiger partial charge is 0.253 e. The Kier molecular flexibility index (Phi) is 7.04. The third-order valence-electron chi connectivity index (χ3n) is 4.65. The van der Waals surface area contributed by atoms with E-state index in [1.165, 1.54) is 0 Å². The first kappa shape index (κ1) is 20.6. The first-order valence-corrected chi connectivity index (χ1v) is 9.90. The minimum Gasteiger partial charge on any atom is -0.345 e. The van der Waals surface area contributed by atoms with E-state index in [9.17, 15) is 9.59 Å². The van der Waals surface area contributed by atoms with E-state index in [0.29, 0.717) is 29.1 Å². The minimum absolute atomic E-state index is 0.141. The second-order valence-corrected chi connectivity index (χ2v) is 7.26. The van der Waals surface area contributed by atoms with Crippen molar-refractivity contribution in [1.29, 1.82) is 0 Å². The van der Waals surface area contributed by atoms with Gasteiger partial charge in [0.1, 0.15) is 0 Å². The van der Waals surface area contributed by atoms with Crippen LogP contribution in [0.25, 0.3) is 0 Å². The third kappa shape index (κ3) is 5.93. The van der Waals surface area contributed by atoms with Crippen LogP contribution in [0.5, 0.6) is 0 Å². The van der Waals surface area contributed by atoms with Gasteiger partial charge in [-0.2, -0.15) is 0 Å². The van der Waals surface area contributed by atoms with Crippen LogP contribution in [0.1, 0.15) is 40.9 Å². The number of aryl methyl sites for hydroxylation is 1. The van der Waals surface area contributed by atoms with E-state index in [4.69, 9.17) is 11.6 Å². The number of benzene rings is 3. The van der Waals surface area contributed by atoms with Crippen molar-refractivity contribution in [3.8, 4) is 0 Å². The summed E-state index contributed by atoms with van der Waals surface area (Å²) in [6.45, 7) is 1.93. The molecular formula is C24H23ClN2O2. The molecule has 4 nitrogen and oxygen atoms in total. The summed E-state index contributed by atoms with van der Waals surface area (Å²) < 4.78 is 0. The highest BCUT2D eigenvalue weighted by atomic mass is 35.5. The van der Waals surface area contributed by atoms with Crippen LogP contribution < -0.4 is 10.6 Å². The molecule has 0 heterocycles. The summed E-state index contributed by atoms with van der Waals surface area (Å²) in [5, 5.41) is 6.52. The first-order chi connectivity index (χ1) is 14.0. The van der Waals surface area contributed by atoms with Crippen LogP contribution in [0.15, 0.2) is 78.9 Å². The number of hydrogen-bond acceptors (Lipinski definition) is 2. The number of rotatable bonds is 7. The quantitative estimate of drug-likeness (QED) is 0.551. The molecule has 3 aromatic rings. The third-order valence-corrected chi connectivity index (χ3v) is 4.90. The zero-order valence-electron chi connectivity index (χ0n) is 16.2. The van der Waals surface area contributed by atoms with Gasteiger partial charge in [0, 0.05) is 11.4 Å². The monoisotopic (exact) mass is 406 g/mol. The van der Waals surface area contributed by atoms with Crippen LogP contribution >= 0.6 is 11.6 Å². The number of nitrogens with one attached hydrogen (secondary N) is 2. The lowest BCUT2D eigenvalue weighted by Crippen LogP contribution is -2.28. The first-order valence-electron chi connectivity index (χ1n) is 9.52. The van der Waals surface area contributed by atoms with Gasteiger partial charge in [0.05, 0.1) is 17.3 Å². The highest BCUT2D eigenvalue weighted by molar-refractivity contribution is 6.30. The molecule has 0 aromatic heterocycles. The maximum atomic E-state index is 12.8. The molecular weight excluding hydrogens is 384 g/mol. The van der Waals surface area contributed by atoms with Crippen LogP contribution in [-0.2, 0) is 11.2 Å². The van der Waals surface area contributed by atoms with Gasteiger partial charge in [0.15, 0.2) is 0 Å². The second-order valence-electron chi connectivity index (χ2n) is 6.83. The molecule has 0 aliphatic rings. The maximum absolute atomic E-state index is 12.8. The molecule has 0 saturated heterocycles. The van der Waals surface area contributed by atoms with Crippen LogP contribution in [-0.4, -0.2) is 11.8 Å². The van der Waals surface area contributed by atoms with E-state index in [0.717, 1.165) is 11.1 Å². The standard InChI is InChI=1S/C24H23ClN2O2/c1-17(19-7-3-2-4-8-19)26-24(29)21-9-5-6-10-22(21)27-23(28)16-13-18-11-14-20(25)15-12-18/h2-12,14-15,17H,13,16H2,1H3,(H,26,29)(H,27,28). The fraction of sp³-hybridized carbons (Fsp3) is 0.167. The average molecular weight is 407 g/mol. The SMILES string of the molecule is CC(NC(=O)c1ccccc1NC(=O)CCc1ccc(Cl)cc1)c1ccccc1. The number of amides is 2. The Morgan fingerprint density at radius 3 is 2.28 bits per heavy atom. The summed E-state index contributed by atoms with van der Waals surface area (Å²) in [5.74, 6) is -0.369. The number of para-hydroxylation sites is 1. The van der Waals surface area contributed by atoms with E-state index in [-0.39, 0.29) is 17.9 Å². The molecule has 3 rings (SSSR count). The summed E-state index contributed by atoms with van der Waals surface area (Å²) in [6, 6.07) is 24.1. The molecule has 148 valence electrons. The zero-order valence-corrected chi connectivity index (χ0v) is 16.9. The lowest BCUT2D eigenvalue weighted by atomic mass is 10.1. The Labute approximate surface area is 175 Å². The normalized spacial score (nSPS) is 11.5. The fourth-order valence-corrected chi connectivity index (χ4v) is 3.14. The average Bonchev–Trinajstić information content (AvgIpc) is 2.74. The van der Waals surface area contributed by atoms with Crippen molar-refractivity contribution in [2.45, 2.75) is 25.8 Å². The molecule has 0 saturated carbocycles.